The van der Waals surface area contributed by atoms with Crippen LogP contribution in [0.15, 0.2) is 85.1 Å². The van der Waals surface area contributed by atoms with E-state index in [-0.39, 0.29) is 24.9 Å². The number of allylic oxidation sites excluding steroid dienone is 13. The Balaban J connectivity index is 5.05. The topological polar surface area (TPSA) is 114 Å². The number of nitrogens with one attached hydrogen (secondary N) is 1. The molecule has 89 heavy (non-hydrogen) atoms. The molecule has 0 aliphatic carbocycles. The van der Waals surface area contributed by atoms with Gasteiger partial charge in [0.05, 0.1) is 33.8 Å². The van der Waals surface area contributed by atoms with Gasteiger partial charge in [0.1, 0.15) is 19.3 Å². The average Bonchev–Trinajstić information content (AvgIpc) is 3.57. The lowest BCUT2D eigenvalue weighted by Crippen LogP contribution is -2.47. The summed E-state index contributed by atoms with van der Waals surface area (Å²) in [6.45, 7) is 6.76. The Kier molecular flexibility index (Phi) is 65.9. The molecule has 0 bridgehead atoms. The van der Waals surface area contributed by atoms with Gasteiger partial charge < -0.3 is 28.5 Å². The Morgan fingerprint density at radius 2 is 0.719 bits per heavy atom. The lowest BCUT2D eigenvalue weighted by molar-refractivity contribution is -0.870. The molecule has 3 atom stereocenters. The largest absolute Gasteiger partial charge is 0.756 e. The summed E-state index contributed by atoms with van der Waals surface area (Å²) in [5.41, 5.74) is 0. The number of hydrogen-bond acceptors (Lipinski definition) is 7. The molecule has 0 heterocycles. The zero-order valence-electron chi connectivity index (χ0n) is 59.4. The van der Waals surface area contributed by atoms with Crippen molar-refractivity contribution in [2.24, 2.45) is 0 Å². The Morgan fingerprint density at radius 3 is 1.08 bits per heavy atom. The normalized spacial score (nSPS) is 13.9. The summed E-state index contributed by atoms with van der Waals surface area (Å²) in [5.74, 6) is -0.558. The van der Waals surface area contributed by atoms with Gasteiger partial charge in [0.15, 0.2) is 0 Å². The minimum Gasteiger partial charge on any atom is -0.756 e. The predicted molar refractivity (Wildman–Crippen MR) is 385 cm³/mol. The number of rotatable bonds is 69. The molecule has 0 rings (SSSR count). The van der Waals surface area contributed by atoms with Crippen LogP contribution < -0.4 is 10.2 Å². The SMILES string of the molecule is CC/C=C\C/C=C\C/C=C\C/C=C\C/C=C\C/C=C\CCCCCCC(=O)OC(/C=C/CCCCCCCCCCCCC)C(COP(=O)([O-])OCC[N+](C)(C)C)NC(=O)CCCCCCCCCCCCCCCCCCCCCCCCCCCCC. The summed E-state index contributed by atoms with van der Waals surface area (Å²) in [6.07, 6.45) is 91.5. The summed E-state index contributed by atoms with van der Waals surface area (Å²) in [4.78, 5) is 40.3. The van der Waals surface area contributed by atoms with Crippen molar-refractivity contribution in [2.45, 2.75) is 367 Å². The summed E-state index contributed by atoms with van der Waals surface area (Å²) in [7, 11) is 1.17. The molecule has 10 heteroatoms. The van der Waals surface area contributed by atoms with Gasteiger partial charge in [-0.05, 0) is 83.1 Å². The maximum absolute atomic E-state index is 13.6. The summed E-state index contributed by atoms with van der Waals surface area (Å²) < 4.78 is 30.5. The lowest BCUT2D eigenvalue weighted by Gasteiger charge is -2.30. The summed E-state index contributed by atoms with van der Waals surface area (Å²) in [5, 5.41) is 3.05. The minimum atomic E-state index is -4.72. The van der Waals surface area contributed by atoms with Crippen LogP contribution in [0.1, 0.15) is 355 Å². The smallest absolute Gasteiger partial charge is 0.306 e. The van der Waals surface area contributed by atoms with Crippen molar-refractivity contribution in [2.75, 3.05) is 40.9 Å². The van der Waals surface area contributed by atoms with Gasteiger partial charge in [-0.2, -0.15) is 0 Å². The van der Waals surface area contributed by atoms with Gasteiger partial charge >= 0.3 is 5.97 Å². The van der Waals surface area contributed by atoms with Gasteiger partial charge in [-0.1, -0.05) is 344 Å². The number of carbonyl (C=O) groups is 2. The molecule has 0 radical (unpaired) electrons. The van der Waals surface area contributed by atoms with Gasteiger partial charge in [0, 0.05) is 12.8 Å². The van der Waals surface area contributed by atoms with E-state index < -0.39 is 26.6 Å². The molecule has 0 aromatic carbocycles. The van der Waals surface area contributed by atoms with Crippen LogP contribution in [0, 0.1) is 0 Å². The molecule has 1 amide bonds. The second-order valence-corrected chi connectivity index (χ2v) is 28.2. The molecule has 0 saturated carbocycles. The maximum atomic E-state index is 13.6. The van der Waals surface area contributed by atoms with Crippen molar-refractivity contribution >= 4 is 19.7 Å². The van der Waals surface area contributed by atoms with Crippen LogP contribution in [-0.2, 0) is 27.9 Å². The average molecular weight is 1270 g/mol. The lowest BCUT2D eigenvalue weighted by atomic mass is 10.0. The van der Waals surface area contributed by atoms with Crippen LogP contribution in [0.5, 0.6) is 0 Å². The van der Waals surface area contributed by atoms with Gasteiger partial charge in [-0.15, -0.1) is 0 Å². The minimum absolute atomic E-state index is 0.0282. The Labute approximate surface area is 552 Å². The number of quaternary nitrogens is 1. The first-order valence-corrected chi connectivity index (χ1v) is 39.4. The number of phosphoric acid groups is 1. The molecule has 0 aromatic heterocycles. The maximum Gasteiger partial charge on any atom is 0.306 e. The number of unbranched alkanes of at least 4 members (excludes halogenated alkanes) is 41. The van der Waals surface area contributed by atoms with E-state index in [0.717, 1.165) is 103 Å². The van der Waals surface area contributed by atoms with Crippen molar-refractivity contribution in [3.8, 4) is 0 Å². The van der Waals surface area contributed by atoms with Crippen molar-refractivity contribution < 1.29 is 37.3 Å². The third-order valence-corrected chi connectivity index (χ3v) is 17.8. The van der Waals surface area contributed by atoms with Gasteiger partial charge in [0.25, 0.3) is 7.82 Å². The number of amides is 1. The van der Waals surface area contributed by atoms with Gasteiger partial charge in [0.2, 0.25) is 5.91 Å². The third-order valence-electron chi connectivity index (χ3n) is 16.8. The number of esters is 1. The highest BCUT2D eigenvalue weighted by molar-refractivity contribution is 7.45. The fraction of sp³-hybridized carbons (Fsp3) is 0.797. The van der Waals surface area contributed by atoms with E-state index in [0.29, 0.717) is 23.9 Å². The fourth-order valence-corrected chi connectivity index (χ4v) is 11.8. The van der Waals surface area contributed by atoms with Crippen LogP contribution in [0.3, 0.4) is 0 Å². The van der Waals surface area contributed by atoms with Crippen molar-refractivity contribution in [3.63, 3.8) is 0 Å². The molecule has 518 valence electrons. The molecule has 0 saturated heterocycles. The summed E-state index contributed by atoms with van der Waals surface area (Å²) in [6, 6.07) is -0.903. The van der Waals surface area contributed by atoms with Crippen LogP contribution in [-0.4, -0.2) is 69.4 Å². The Bertz CT molecular complexity index is 1800. The van der Waals surface area contributed by atoms with Crippen molar-refractivity contribution in [1.82, 2.24) is 5.32 Å². The van der Waals surface area contributed by atoms with Gasteiger partial charge in [-0.3, -0.25) is 14.2 Å². The highest BCUT2D eigenvalue weighted by Crippen LogP contribution is 2.38. The van der Waals surface area contributed by atoms with Crippen LogP contribution in [0.25, 0.3) is 0 Å². The van der Waals surface area contributed by atoms with E-state index in [1.54, 1.807) is 0 Å². The second-order valence-electron chi connectivity index (χ2n) is 26.8. The zero-order chi connectivity index (χ0) is 64.9. The first-order chi connectivity index (χ1) is 43.4. The van der Waals surface area contributed by atoms with E-state index >= 15 is 0 Å². The molecular formula is C79H145N2O7P. The van der Waals surface area contributed by atoms with E-state index in [4.69, 9.17) is 13.8 Å². The first-order valence-electron chi connectivity index (χ1n) is 37.9. The number of phosphoric ester groups is 1. The number of hydrogen-bond donors (Lipinski definition) is 1. The van der Waals surface area contributed by atoms with E-state index in [1.807, 2.05) is 33.3 Å². The molecular weight excluding hydrogens is 1120 g/mol. The third kappa shape index (κ3) is 69.4. The molecule has 0 fully saturated rings. The van der Waals surface area contributed by atoms with Crippen LogP contribution in [0.2, 0.25) is 0 Å². The van der Waals surface area contributed by atoms with Crippen molar-refractivity contribution in [1.29, 1.82) is 0 Å². The number of ether oxygens (including phenoxy) is 1. The number of nitrogens with zero attached hydrogens (tertiary/aromatic N) is 1. The number of carbonyl (C=O) groups excluding carboxylic acids is 2. The molecule has 0 aliphatic rings. The molecule has 3 unspecified atom stereocenters. The van der Waals surface area contributed by atoms with Crippen molar-refractivity contribution in [3.05, 3.63) is 85.1 Å². The van der Waals surface area contributed by atoms with E-state index in [1.165, 1.54) is 212 Å². The summed E-state index contributed by atoms with van der Waals surface area (Å²) >= 11 is 0. The van der Waals surface area contributed by atoms with Gasteiger partial charge in [-0.25, -0.2) is 0 Å². The standard InChI is InChI=1S/C79H145N2O7P/c1-7-10-13-16-19-22-25-28-30-32-34-36-38-39-40-41-43-44-46-48-50-53-56-59-62-65-68-71-78(82)80-76(75-87-89(84,85)86-74-73-81(4,5)6)77(70-67-64-61-58-55-52-27-24-21-18-15-12-9-3)88-79(83)72-69-66-63-60-57-54-51-49-47-45-42-37-35-33-31-29-26-23-20-17-14-11-8-2/h11,14,20,23,29,31,35,37,45,47,51,54,67,70,76-77H,7-10,12-13,15-19,21-22,24-28,30,32-34,36,38-44,46,48-50,52-53,55-66,68-69,71-75H2,1-6H3,(H-,80,82,84,85)/b14-11-,23-20-,31-29-,37-35-,47-45-,54-51-,70-67+. The second kappa shape index (κ2) is 68.1. The fourth-order valence-electron chi connectivity index (χ4n) is 11.1. The Morgan fingerprint density at radius 1 is 0.404 bits per heavy atom. The molecule has 9 nitrogen and oxygen atoms in total. The molecule has 0 aromatic rings. The molecule has 1 N–H and O–H groups in total. The Hall–Kier alpha value is -2.81. The highest BCUT2D eigenvalue weighted by atomic mass is 31.2. The predicted octanol–water partition coefficient (Wildman–Crippen LogP) is 23.8. The zero-order valence-corrected chi connectivity index (χ0v) is 60.3. The van der Waals surface area contributed by atoms with E-state index in [2.05, 4.69) is 99.0 Å². The first kappa shape index (κ1) is 86.2. The van der Waals surface area contributed by atoms with Crippen LogP contribution >= 0.6 is 7.82 Å². The quantitative estimate of drug-likeness (QED) is 0.0212. The number of likely N-dealkylation sites (N-methyl/N-ethyl adjacent to an activating group) is 1. The monoisotopic (exact) mass is 1270 g/mol. The van der Waals surface area contributed by atoms with Crippen LogP contribution in [0.4, 0.5) is 0 Å². The molecule has 0 spiro atoms. The van der Waals surface area contributed by atoms with E-state index in [9.17, 15) is 19.0 Å². The highest BCUT2D eigenvalue weighted by Gasteiger charge is 2.27. The molecule has 0 aliphatic heterocycles.